The van der Waals surface area contributed by atoms with Crippen LogP contribution < -0.4 is 15.9 Å². The first-order chi connectivity index (χ1) is 11.1. The SMILES string of the molecule is CN(C)c1ccc(/C=N/Nc2nc3ccccc3[nH]c2=O)cc1. The lowest BCUT2D eigenvalue weighted by Gasteiger charge is -2.11. The Bertz CT molecular complexity index is 897. The van der Waals surface area contributed by atoms with Crippen LogP contribution in [0.2, 0.25) is 0 Å². The lowest BCUT2D eigenvalue weighted by Crippen LogP contribution is -2.13. The molecule has 0 aliphatic carbocycles. The fourth-order valence-corrected chi connectivity index (χ4v) is 2.13. The maximum Gasteiger partial charge on any atom is 0.293 e. The number of aromatic nitrogens is 2. The third kappa shape index (κ3) is 3.37. The van der Waals surface area contributed by atoms with E-state index in [2.05, 4.69) is 20.5 Å². The van der Waals surface area contributed by atoms with Crippen molar-refractivity contribution in [2.75, 3.05) is 24.4 Å². The molecule has 0 bridgehead atoms. The van der Waals surface area contributed by atoms with Gasteiger partial charge in [-0.15, -0.1) is 0 Å². The molecule has 0 aliphatic rings. The number of nitrogens with one attached hydrogen (secondary N) is 2. The zero-order valence-electron chi connectivity index (χ0n) is 12.9. The average molecular weight is 307 g/mol. The third-order valence-electron chi connectivity index (χ3n) is 3.39. The molecule has 6 nitrogen and oxygen atoms in total. The van der Waals surface area contributed by atoms with Crippen molar-refractivity contribution in [3.63, 3.8) is 0 Å². The van der Waals surface area contributed by atoms with E-state index >= 15 is 0 Å². The zero-order valence-corrected chi connectivity index (χ0v) is 12.9. The molecule has 0 fully saturated rings. The Morgan fingerprint density at radius 2 is 1.87 bits per heavy atom. The van der Waals surface area contributed by atoms with E-state index in [1.807, 2.05) is 67.5 Å². The van der Waals surface area contributed by atoms with Crippen LogP contribution in [0.25, 0.3) is 11.0 Å². The first-order valence-corrected chi connectivity index (χ1v) is 7.19. The van der Waals surface area contributed by atoms with Crippen LogP contribution in [0.5, 0.6) is 0 Å². The molecule has 0 spiro atoms. The molecule has 0 saturated carbocycles. The van der Waals surface area contributed by atoms with Crippen molar-refractivity contribution >= 4 is 28.8 Å². The Kier molecular flexibility index (Phi) is 4.05. The second-order valence-corrected chi connectivity index (χ2v) is 5.29. The standard InChI is InChI=1S/C17H17N5O/c1-22(2)13-9-7-12(8-10-13)11-18-21-16-17(23)20-15-6-4-3-5-14(15)19-16/h3-11H,1-2H3,(H,19,21)(H,20,23)/b18-11+. The predicted octanol–water partition coefficient (Wildman–Crippen LogP) is 2.44. The highest BCUT2D eigenvalue weighted by Gasteiger charge is 2.02. The van der Waals surface area contributed by atoms with Crippen LogP contribution in [0.1, 0.15) is 5.56 Å². The van der Waals surface area contributed by atoms with Gasteiger partial charge in [-0.2, -0.15) is 5.10 Å². The molecule has 1 heterocycles. The van der Waals surface area contributed by atoms with Crippen LogP contribution in [0, 0.1) is 0 Å². The molecule has 0 radical (unpaired) electrons. The topological polar surface area (TPSA) is 73.4 Å². The number of para-hydroxylation sites is 2. The lowest BCUT2D eigenvalue weighted by molar-refractivity contribution is 1.13. The Labute approximate surface area is 133 Å². The highest BCUT2D eigenvalue weighted by molar-refractivity contribution is 5.81. The van der Waals surface area contributed by atoms with Crippen molar-refractivity contribution in [3.05, 3.63) is 64.4 Å². The van der Waals surface area contributed by atoms with E-state index < -0.39 is 0 Å². The van der Waals surface area contributed by atoms with Crippen molar-refractivity contribution in [2.45, 2.75) is 0 Å². The minimum absolute atomic E-state index is 0.171. The Morgan fingerprint density at radius 1 is 1.13 bits per heavy atom. The number of rotatable bonds is 4. The lowest BCUT2D eigenvalue weighted by atomic mass is 10.2. The summed E-state index contributed by atoms with van der Waals surface area (Å²) in [6.07, 6.45) is 1.65. The van der Waals surface area contributed by atoms with Crippen LogP contribution in [-0.2, 0) is 0 Å². The number of anilines is 2. The minimum Gasteiger partial charge on any atom is -0.378 e. The van der Waals surface area contributed by atoms with Crippen LogP contribution in [-0.4, -0.2) is 30.3 Å². The summed E-state index contributed by atoms with van der Waals surface area (Å²) in [4.78, 5) is 21.0. The van der Waals surface area contributed by atoms with Crippen LogP contribution >= 0.6 is 0 Å². The highest BCUT2D eigenvalue weighted by Crippen LogP contribution is 2.11. The van der Waals surface area contributed by atoms with Crippen molar-refractivity contribution in [3.8, 4) is 0 Å². The molecular weight excluding hydrogens is 290 g/mol. The Balaban J connectivity index is 1.77. The van der Waals surface area contributed by atoms with Crippen molar-refractivity contribution in [2.24, 2.45) is 5.10 Å². The summed E-state index contributed by atoms with van der Waals surface area (Å²) in [5, 5.41) is 4.08. The third-order valence-corrected chi connectivity index (χ3v) is 3.39. The normalized spacial score (nSPS) is 11.0. The molecule has 0 aliphatic heterocycles. The molecule has 2 N–H and O–H groups in total. The van der Waals surface area contributed by atoms with E-state index in [1.165, 1.54) is 0 Å². The molecule has 0 amide bonds. The van der Waals surface area contributed by atoms with Crippen LogP contribution in [0.4, 0.5) is 11.5 Å². The second-order valence-electron chi connectivity index (χ2n) is 5.29. The quantitative estimate of drug-likeness (QED) is 0.573. The van der Waals surface area contributed by atoms with Gasteiger partial charge in [-0.3, -0.25) is 10.2 Å². The average Bonchev–Trinajstić information content (AvgIpc) is 2.56. The largest absolute Gasteiger partial charge is 0.378 e. The van der Waals surface area contributed by atoms with Gasteiger partial charge >= 0.3 is 0 Å². The maximum absolute atomic E-state index is 11.9. The molecule has 0 saturated heterocycles. The highest BCUT2D eigenvalue weighted by atomic mass is 16.1. The first kappa shape index (κ1) is 14.8. The Morgan fingerprint density at radius 3 is 2.61 bits per heavy atom. The summed E-state index contributed by atoms with van der Waals surface area (Å²) < 4.78 is 0. The van der Waals surface area contributed by atoms with Crippen molar-refractivity contribution in [1.29, 1.82) is 0 Å². The van der Waals surface area contributed by atoms with Gasteiger partial charge in [-0.1, -0.05) is 24.3 Å². The van der Waals surface area contributed by atoms with E-state index in [0.29, 0.717) is 11.0 Å². The van der Waals surface area contributed by atoms with Crippen LogP contribution in [0.3, 0.4) is 0 Å². The number of aromatic amines is 1. The van der Waals surface area contributed by atoms with Gasteiger partial charge in [-0.05, 0) is 29.8 Å². The monoisotopic (exact) mass is 307 g/mol. The van der Waals surface area contributed by atoms with Gasteiger partial charge in [0.1, 0.15) is 0 Å². The molecule has 3 aromatic rings. The molecule has 23 heavy (non-hydrogen) atoms. The maximum atomic E-state index is 11.9. The van der Waals surface area contributed by atoms with E-state index in [1.54, 1.807) is 6.21 Å². The summed E-state index contributed by atoms with van der Waals surface area (Å²) in [5.74, 6) is 0.171. The van der Waals surface area contributed by atoms with Gasteiger partial charge in [-0.25, -0.2) is 4.98 Å². The van der Waals surface area contributed by atoms with Gasteiger partial charge in [0.25, 0.3) is 5.56 Å². The molecule has 0 unspecified atom stereocenters. The predicted molar refractivity (Wildman–Crippen MR) is 94.3 cm³/mol. The summed E-state index contributed by atoms with van der Waals surface area (Å²) in [6, 6.07) is 15.3. The van der Waals surface area contributed by atoms with E-state index in [9.17, 15) is 4.79 Å². The van der Waals surface area contributed by atoms with Crippen molar-refractivity contribution < 1.29 is 0 Å². The van der Waals surface area contributed by atoms with E-state index in [-0.39, 0.29) is 11.4 Å². The fraction of sp³-hybridized carbons (Fsp3) is 0.118. The second kappa shape index (κ2) is 6.31. The smallest absolute Gasteiger partial charge is 0.293 e. The zero-order chi connectivity index (χ0) is 16.2. The molecular formula is C17H17N5O. The van der Waals surface area contributed by atoms with Gasteiger partial charge in [0.05, 0.1) is 17.2 Å². The van der Waals surface area contributed by atoms with Crippen LogP contribution in [0.15, 0.2) is 58.4 Å². The number of nitrogens with zero attached hydrogens (tertiary/aromatic N) is 3. The molecule has 6 heteroatoms. The summed E-state index contributed by atoms with van der Waals surface area (Å²) in [7, 11) is 3.98. The van der Waals surface area contributed by atoms with E-state index in [4.69, 9.17) is 0 Å². The number of hydrazone groups is 1. The fourth-order valence-electron chi connectivity index (χ4n) is 2.13. The Hall–Kier alpha value is -3.15. The molecule has 3 rings (SSSR count). The van der Waals surface area contributed by atoms with Gasteiger partial charge in [0, 0.05) is 19.8 Å². The number of fused-ring (bicyclic) bond motifs is 1. The molecule has 1 aromatic heterocycles. The van der Waals surface area contributed by atoms with Gasteiger partial charge in [0.2, 0.25) is 5.82 Å². The molecule has 0 atom stereocenters. The number of benzene rings is 2. The summed E-state index contributed by atoms with van der Waals surface area (Å²) >= 11 is 0. The first-order valence-electron chi connectivity index (χ1n) is 7.19. The van der Waals surface area contributed by atoms with Gasteiger partial charge < -0.3 is 9.88 Å². The van der Waals surface area contributed by atoms with E-state index in [0.717, 1.165) is 11.3 Å². The molecule has 116 valence electrons. The minimum atomic E-state index is -0.302. The van der Waals surface area contributed by atoms with Crippen molar-refractivity contribution in [1.82, 2.24) is 9.97 Å². The number of hydrogen-bond donors (Lipinski definition) is 2. The summed E-state index contributed by atoms with van der Waals surface area (Å²) in [6.45, 7) is 0. The number of hydrogen-bond acceptors (Lipinski definition) is 5. The molecule has 2 aromatic carbocycles. The van der Waals surface area contributed by atoms with Gasteiger partial charge in [0.15, 0.2) is 0 Å². The summed E-state index contributed by atoms with van der Waals surface area (Å²) in [5.41, 5.74) is 5.85. The number of H-pyrrole nitrogens is 1.